The van der Waals surface area contributed by atoms with Crippen molar-refractivity contribution >= 4 is 23.4 Å². The Labute approximate surface area is 132 Å². The number of rotatable bonds is 5. The molecule has 0 spiro atoms. The lowest BCUT2D eigenvalue weighted by Crippen LogP contribution is -2.13. The van der Waals surface area contributed by atoms with Crippen LogP contribution in [-0.2, 0) is 4.79 Å². The number of carbonyl (C=O) groups excluding carboxylic acids is 1. The molecule has 0 radical (unpaired) electrons. The second kappa shape index (κ2) is 6.83. The van der Waals surface area contributed by atoms with Crippen molar-refractivity contribution in [3.63, 3.8) is 0 Å². The SMILES string of the molecule is O=C(CSc1n[nH]c(C2CCCC2)n1)Nc1ccc(O)cc1. The van der Waals surface area contributed by atoms with Gasteiger partial charge >= 0.3 is 0 Å². The number of aromatic nitrogens is 3. The molecule has 1 aromatic heterocycles. The number of aromatic amines is 1. The number of nitrogens with zero attached hydrogens (tertiary/aromatic N) is 2. The van der Waals surface area contributed by atoms with Gasteiger partial charge in [0.15, 0.2) is 0 Å². The van der Waals surface area contributed by atoms with Crippen molar-refractivity contribution in [1.29, 1.82) is 0 Å². The molecule has 0 unspecified atom stereocenters. The molecule has 0 bridgehead atoms. The van der Waals surface area contributed by atoms with E-state index < -0.39 is 0 Å². The van der Waals surface area contributed by atoms with Gasteiger partial charge in [-0.1, -0.05) is 24.6 Å². The van der Waals surface area contributed by atoms with Gasteiger partial charge in [0.25, 0.3) is 0 Å². The summed E-state index contributed by atoms with van der Waals surface area (Å²) in [6.07, 6.45) is 4.84. The molecule has 0 aliphatic heterocycles. The predicted molar refractivity (Wildman–Crippen MR) is 85.1 cm³/mol. The van der Waals surface area contributed by atoms with Gasteiger partial charge in [0.2, 0.25) is 11.1 Å². The molecular formula is C15H18N4O2S. The third-order valence-electron chi connectivity index (χ3n) is 3.71. The molecule has 1 aromatic carbocycles. The van der Waals surface area contributed by atoms with Crippen LogP contribution in [0.2, 0.25) is 0 Å². The molecule has 6 nitrogen and oxygen atoms in total. The van der Waals surface area contributed by atoms with Crippen molar-refractivity contribution in [2.45, 2.75) is 36.8 Å². The number of aromatic hydroxyl groups is 1. The fourth-order valence-electron chi connectivity index (χ4n) is 2.58. The number of carbonyl (C=O) groups is 1. The highest BCUT2D eigenvalue weighted by atomic mass is 32.2. The van der Waals surface area contributed by atoms with E-state index in [0.29, 0.717) is 16.8 Å². The van der Waals surface area contributed by atoms with Gasteiger partial charge in [-0.05, 0) is 37.1 Å². The third-order valence-corrected chi connectivity index (χ3v) is 4.55. The normalized spacial score (nSPS) is 15.1. The first kappa shape index (κ1) is 14.9. The van der Waals surface area contributed by atoms with Crippen LogP contribution in [0.25, 0.3) is 0 Å². The van der Waals surface area contributed by atoms with E-state index in [9.17, 15) is 9.90 Å². The standard InChI is InChI=1S/C15H18N4O2S/c20-12-7-5-11(6-8-12)16-13(21)9-22-15-17-14(18-19-15)10-3-1-2-4-10/h5-8,10,20H,1-4,9H2,(H,16,21)(H,17,18,19). The maximum atomic E-state index is 11.9. The van der Waals surface area contributed by atoms with E-state index in [-0.39, 0.29) is 17.4 Å². The summed E-state index contributed by atoms with van der Waals surface area (Å²) < 4.78 is 0. The Kier molecular flexibility index (Phi) is 4.62. The number of amides is 1. The van der Waals surface area contributed by atoms with Crippen LogP contribution in [0.5, 0.6) is 5.75 Å². The zero-order valence-electron chi connectivity index (χ0n) is 12.1. The van der Waals surface area contributed by atoms with Crippen molar-refractivity contribution in [2.24, 2.45) is 0 Å². The van der Waals surface area contributed by atoms with Gasteiger partial charge in [0.05, 0.1) is 5.75 Å². The van der Waals surface area contributed by atoms with Gasteiger partial charge in [0.1, 0.15) is 11.6 Å². The van der Waals surface area contributed by atoms with Crippen LogP contribution in [-0.4, -0.2) is 31.9 Å². The van der Waals surface area contributed by atoms with Crippen LogP contribution in [0, 0.1) is 0 Å². The van der Waals surface area contributed by atoms with Crippen LogP contribution < -0.4 is 5.32 Å². The zero-order valence-corrected chi connectivity index (χ0v) is 12.9. The zero-order chi connectivity index (χ0) is 15.4. The Morgan fingerprint density at radius 3 is 2.77 bits per heavy atom. The van der Waals surface area contributed by atoms with Gasteiger partial charge in [-0.25, -0.2) is 4.98 Å². The molecule has 1 aliphatic rings. The van der Waals surface area contributed by atoms with Crippen LogP contribution >= 0.6 is 11.8 Å². The largest absolute Gasteiger partial charge is 0.508 e. The van der Waals surface area contributed by atoms with Crippen LogP contribution in [0.4, 0.5) is 5.69 Å². The van der Waals surface area contributed by atoms with Crippen molar-refractivity contribution in [1.82, 2.24) is 15.2 Å². The summed E-state index contributed by atoms with van der Waals surface area (Å²) >= 11 is 1.32. The van der Waals surface area contributed by atoms with E-state index in [1.165, 1.54) is 49.6 Å². The minimum atomic E-state index is -0.122. The summed E-state index contributed by atoms with van der Waals surface area (Å²) in [7, 11) is 0. The summed E-state index contributed by atoms with van der Waals surface area (Å²) in [6.45, 7) is 0. The lowest BCUT2D eigenvalue weighted by atomic mass is 10.1. The maximum Gasteiger partial charge on any atom is 0.234 e. The van der Waals surface area contributed by atoms with Gasteiger partial charge in [-0.3, -0.25) is 9.89 Å². The maximum absolute atomic E-state index is 11.9. The van der Waals surface area contributed by atoms with Gasteiger partial charge in [0, 0.05) is 11.6 Å². The van der Waals surface area contributed by atoms with E-state index >= 15 is 0 Å². The fraction of sp³-hybridized carbons (Fsp3) is 0.400. The third kappa shape index (κ3) is 3.79. The van der Waals surface area contributed by atoms with Crippen molar-refractivity contribution in [3.05, 3.63) is 30.1 Å². The highest BCUT2D eigenvalue weighted by Crippen LogP contribution is 2.32. The first-order valence-corrected chi connectivity index (χ1v) is 8.33. The molecule has 1 amide bonds. The highest BCUT2D eigenvalue weighted by molar-refractivity contribution is 7.99. The predicted octanol–water partition coefficient (Wildman–Crippen LogP) is 2.90. The van der Waals surface area contributed by atoms with Gasteiger partial charge in [-0.2, -0.15) is 0 Å². The van der Waals surface area contributed by atoms with Crippen molar-refractivity contribution in [2.75, 3.05) is 11.1 Å². The molecular weight excluding hydrogens is 300 g/mol. The molecule has 3 rings (SSSR count). The smallest absolute Gasteiger partial charge is 0.234 e. The van der Waals surface area contributed by atoms with Crippen LogP contribution in [0.1, 0.15) is 37.4 Å². The molecule has 1 aliphatic carbocycles. The summed E-state index contributed by atoms with van der Waals surface area (Å²) in [4.78, 5) is 16.3. The number of anilines is 1. The lowest BCUT2D eigenvalue weighted by Gasteiger charge is -2.04. The topological polar surface area (TPSA) is 90.9 Å². The Morgan fingerprint density at radius 2 is 2.05 bits per heavy atom. The first-order valence-electron chi connectivity index (χ1n) is 7.35. The van der Waals surface area contributed by atoms with E-state index in [2.05, 4.69) is 20.5 Å². The molecule has 2 aromatic rings. The van der Waals surface area contributed by atoms with E-state index in [0.717, 1.165) is 5.82 Å². The first-order chi connectivity index (χ1) is 10.7. The van der Waals surface area contributed by atoms with Crippen molar-refractivity contribution < 1.29 is 9.90 Å². The molecule has 0 saturated heterocycles. The Hall–Kier alpha value is -2.02. The number of thioether (sulfide) groups is 1. The van der Waals surface area contributed by atoms with Crippen molar-refractivity contribution in [3.8, 4) is 5.75 Å². The monoisotopic (exact) mass is 318 g/mol. The van der Waals surface area contributed by atoms with Crippen LogP contribution in [0.3, 0.4) is 0 Å². The van der Waals surface area contributed by atoms with Gasteiger partial charge in [-0.15, -0.1) is 5.10 Å². The second-order valence-electron chi connectivity index (χ2n) is 5.37. The average Bonchev–Trinajstić information content (AvgIpc) is 3.18. The van der Waals surface area contributed by atoms with Crippen LogP contribution in [0.15, 0.2) is 29.4 Å². The molecule has 22 heavy (non-hydrogen) atoms. The number of phenols is 1. The van der Waals surface area contributed by atoms with E-state index in [1.54, 1.807) is 12.1 Å². The summed E-state index contributed by atoms with van der Waals surface area (Å²) in [6, 6.07) is 6.38. The van der Waals surface area contributed by atoms with Gasteiger partial charge < -0.3 is 10.4 Å². The number of H-pyrrole nitrogens is 1. The minimum absolute atomic E-state index is 0.122. The minimum Gasteiger partial charge on any atom is -0.508 e. The molecule has 1 fully saturated rings. The molecule has 116 valence electrons. The average molecular weight is 318 g/mol. The lowest BCUT2D eigenvalue weighted by molar-refractivity contribution is -0.113. The molecule has 0 atom stereocenters. The molecule has 1 heterocycles. The number of benzene rings is 1. The number of hydrogen-bond acceptors (Lipinski definition) is 5. The van der Waals surface area contributed by atoms with E-state index in [4.69, 9.17) is 0 Å². The Morgan fingerprint density at radius 1 is 1.32 bits per heavy atom. The molecule has 7 heteroatoms. The quantitative estimate of drug-likeness (QED) is 0.582. The molecule has 3 N–H and O–H groups in total. The Balaban J connectivity index is 1.49. The number of phenolic OH excluding ortho intramolecular Hbond substituents is 1. The molecule has 1 saturated carbocycles. The summed E-state index contributed by atoms with van der Waals surface area (Å²) in [5.74, 6) is 1.74. The van der Waals surface area contributed by atoms with E-state index in [1.807, 2.05) is 0 Å². The highest BCUT2D eigenvalue weighted by Gasteiger charge is 2.20. The number of hydrogen-bond donors (Lipinski definition) is 3. The second-order valence-corrected chi connectivity index (χ2v) is 6.31. The summed E-state index contributed by atoms with van der Waals surface area (Å²) in [5, 5.41) is 19.7. The summed E-state index contributed by atoms with van der Waals surface area (Å²) in [5.41, 5.74) is 0.657. The number of nitrogens with one attached hydrogen (secondary N) is 2. The fourth-order valence-corrected chi connectivity index (χ4v) is 3.18. The Bertz CT molecular complexity index is 635.